The first-order valence-corrected chi connectivity index (χ1v) is 9.51. The minimum absolute atomic E-state index is 0.224. The molecule has 1 aliphatic rings. The van der Waals surface area contributed by atoms with Gasteiger partial charge in [-0.1, -0.05) is 12.1 Å². The van der Waals surface area contributed by atoms with Crippen molar-refractivity contribution in [3.8, 4) is 11.5 Å². The van der Waals surface area contributed by atoms with Crippen molar-refractivity contribution in [1.82, 2.24) is 4.90 Å². The van der Waals surface area contributed by atoms with Crippen molar-refractivity contribution in [2.75, 3.05) is 32.6 Å². The fourth-order valence-electron chi connectivity index (χ4n) is 3.31. The van der Waals surface area contributed by atoms with Crippen LogP contribution < -0.4 is 14.8 Å². The molecule has 0 unspecified atom stereocenters. The summed E-state index contributed by atoms with van der Waals surface area (Å²) in [5, 5.41) is 2.87. The standard InChI is InChI=1S/C22H26N2O4/c1-27-19-11-8-17(15-20(19)28-2)22(26)23-18-9-5-16(6-10-18)7-12-21(25)24-13-3-4-14-24/h5-6,8-11,15H,3-4,7,12-14H2,1-2H3,(H,23,26). The molecule has 1 saturated heterocycles. The van der Waals surface area contributed by atoms with Crippen molar-refractivity contribution in [1.29, 1.82) is 0 Å². The molecular weight excluding hydrogens is 356 g/mol. The zero-order valence-electron chi connectivity index (χ0n) is 16.4. The van der Waals surface area contributed by atoms with Crippen LogP contribution >= 0.6 is 0 Å². The van der Waals surface area contributed by atoms with Crippen LogP contribution in [-0.2, 0) is 11.2 Å². The van der Waals surface area contributed by atoms with E-state index < -0.39 is 0 Å². The highest BCUT2D eigenvalue weighted by atomic mass is 16.5. The minimum atomic E-state index is -0.224. The maximum absolute atomic E-state index is 12.5. The Labute approximate surface area is 165 Å². The van der Waals surface area contributed by atoms with E-state index in [-0.39, 0.29) is 11.8 Å². The molecule has 1 fully saturated rings. The largest absolute Gasteiger partial charge is 0.493 e. The molecule has 0 spiro atoms. The number of rotatable bonds is 7. The second-order valence-corrected chi connectivity index (χ2v) is 6.81. The maximum Gasteiger partial charge on any atom is 0.255 e. The van der Waals surface area contributed by atoms with Crippen LogP contribution in [0.5, 0.6) is 11.5 Å². The number of carbonyl (C=O) groups is 2. The summed E-state index contributed by atoms with van der Waals surface area (Å²) in [6.45, 7) is 1.78. The van der Waals surface area contributed by atoms with E-state index in [0.717, 1.165) is 31.5 Å². The highest BCUT2D eigenvalue weighted by Crippen LogP contribution is 2.28. The molecule has 1 N–H and O–H groups in total. The van der Waals surface area contributed by atoms with E-state index in [0.29, 0.717) is 35.6 Å². The van der Waals surface area contributed by atoms with Gasteiger partial charge in [0.15, 0.2) is 11.5 Å². The lowest BCUT2D eigenvalue weighted by atomic mass is 10.1. The van der Waals surface area contributed by atoms with Crippen LogP contribution in [0.2, 0.25) is 0 Å². The normalized spacial score (nSPS) is 13.3. The summed E-state index contributed by atoms with van der Waals surface area (Å²) in [5.41, 5.74) is 2.27. The van der Waals surface area contributed by atoms with Crippen LogP contribution in [0.3, 0.4) is 0 Å². The lowest BCUT2D eigenvalue weighted by Gasteiger charge is -2.15. The number of nitrogens with one attached hydrogen (secondary N) is 1. The van der Waals surface area contributed by atoms with Gasteiger partial charge in [-0.05, 0) is 55.2 Å². The smallest absolute Gasteiger partial charge is 0.255 e. The summed E-state index contributed by atoms with van der Waals surface area (Å²) in [5.74, 6) is 1.08. The number of hydrogen-bond acceptors (Lipinski definition) is 4. The number of methoxy groups -OCH3 is 2. The maximum atomic E-state index is 12.5. The number of amides is 2. The molecule has 3 rings (SSSR count). The van der Waals surface area contributed by atoms with Crippen molar-refractivity contribution in [3.05, 3.63) is 53.6 Å². The molecule has 1 heterocycles. The van der Waals surface area contributed by atoms with E-state index in [2.05, 4.69) is 5.32 Å². The Morgan fingerprint density at radius 2 is 1.64 bits per heavy atom. The van der Waals surface area contributed by atoms with E-state index in [1.54, 1.807) is 25.3 Å². The third kappa shape index (κ3) is 4.82. The van der Waals surface area contributed by atoms with E-state index in [1.807, 2.05) is 29.2 Å². The van der Waals surface area contributed by atoms with Gasteiger partial charge >= 0.3 is 0 Å². The molecule has 1 aliphatic heterocycles. The van der Waals surface area contributed by atoms with Crippen molar-refractivity contribution in [2.24, 2.45) is 0 Å². The van der Waals surface area contributed by atoms with Gasteiger partial charge in [0.1, 0.15) is 0 Å². The van der Waals surface area contributed by atoms with E-state index in [1.165, 1.54) is 7.11 Å². The van der Waals surface area contributed by atoms with Crippen LogP contribution in [0.4, 0.5) is 5.69 Å². The lowest BCUT2D eigenvalue weighted by molar-refractivity contribution is -0.130. The molecule has 6 heteroatoms. The molecule has 2 aromatic carbocycles. The summed E-state index contributed by atoms with van der Waals surface area (Å²) >= 11 is 0. The van der Waals surface area contributed by atoms with Crippen molar-refractivity contribution >= 4 is 17.5 Å². The topological polar surface area (TPSA) is 67.9 Å². The zero-order chi connectivity index (χ0) is 19.9. The molecule has 148 valence electrons. The first-order chi connectivity index (χ1) is 13.6. The third-order valence-electron chi connectivity index (χ3n) is 4.94. The first-order valence-electron chi connectivity index (χ1n) is 9.51. The van der Waals surface area contributed by atoms with Crippen molar-refractivity contribution in [2.45, 2.75) is 25.7 Å². The molecule has 0 bridgehead atoms. The quantitative estimate of drug-likeness (QED) is 0.796. The fourth-order valence-corrected chi connectivity index (χ4v) is 3.31. The molecule has 2 aromatic rings. The average Bonchev–Trinajstić information content (AvgIpc) is 3.27. The second kappa shape index (κ2) is 9.26. The molecule has 28 heavy (non-hydrogen) atoms. The van der Waals surface area contributed by atoms with Gasteiger partial charge in [0, 0.05) is 30.8 Å². The van der Waals surface area contributed by atoms with Gasteiger partial charge < -0.3 is 19.7 Å². The van der Waals surface area contributed by atoms with Gasteiger partial charge in [-0.2, -0.15) is 0 Å². The number of anilines is 1. The number of likely N-dealkylation sites (tertiary alicyclic amines) is 1. The SMILES string of the molecule is COc1ccc(C(=O)Nc2ccc(CCC(=O)N3CCCC3)cc2)cc1OC. The Hall–Kier alpha value is -3.02. The molecule has 0 radical (unpaired) electrons. The lowest BCUT2D eigenvalue weighted by Crippen LogP contribution is -2.27. The Balaban J connectivity index is 1.56. The number of aryl methyl sites for hydroxylation is 1. The van der Waals surface area contributed by atoms with Crippen molar-refractivity contribution in [3.63, 3.8) is 0 Å². The van der Waals surface area contributed by atoms with E-state index in [9.17, 15) is 9.59 Å². The Bertz CT molecular complexity index is 827. The third-order valence-corrected chi connectivity index (χ3v) is 4.94. The Kier molecular flexibility index (Phi) is 6.53. The van der Waals surface area contributed by atoms with Gasteiger partial charge in [-0.15, -0.1) is 0 Å². The van der Waals surface area contributed by atoms with Gasteiger partial charge in [-0.25, -0.2) is 0 Å². The molecule has 0 atom stereocenters. The fraction of sp³-hybridized carbons (Fsp3) is 0.364. The van der Waals surface area contributed by atoms with Crippen LogP contribution in [0.25, 0.3) is 0 Å². The van der Waals surface area contributed by atoms with Crippen LogP contribution in [0, 0.1) is 0 Å². The molecule has 0 aromatic heterocycles. The average molecular weight is 382 g/mol. The highest BCUT2D eigenvalue weighted by molar-refractivity contribution is 6.04. The second-order valence-electron chi connectivity index (χ2n) is 6.81. The highest BCUT2D eigenvalue weighted by Gasteiger charge is 2.17. The molecular formula is C22H26N2O4. The summed E-state index contributed by atoms with van der Waals surface area (Å²) in [7, 11) is 3.09. The Morgan fingerprint density at radius 3 is 2.29 bits per heavy atom. The number of benzene rings is 2. The van der Waals surface area contributed by atoms with Gasteiger partial charge in [0.25, 0.3) is 5.91 Å². The molecule has 0 saturated carbocycles. The molecule has 2 amide bonds. The number of nitrogens with zero attached hydrogens (tertiary/aromatic N) is 1. The van der Waals surface area contributed by atoms with Gasteiger partial charge in [0.2, 0.25) is 5.91 Å². The molecule has 6 nitrogen and oxygen atoms in total. The summed E-state index contributed by atoms with van der Waals surface area (Å²) in [6, 6.07) is 12.6. The van der Waals surface area contributed by atoms with Crippen molar-refractivity contribution < 1.29 is 19.1 Å². The predicted octanol–water partition coefficient (Wildman–Crippen LogP) is 3.51. The monoisotopic (exact) mass is 382 g/mol. The Morgan fingerprint density at radius 1 is 0.964 bits per heavy atom. The predicted molar refractivity (Wildman–Crippen MR) is 108 cm³/mol. The minimum Gasteiger partial charge on any atom is -0.493 e. The van der Waals surface area contributed by atoms with E-state index in [4.69, 9.17) is 9.47 Å². The first kappa shape index (κ1) is 19.7. The number of hydrogen-bond donors (Lipinski definition) is 1. The van der Waals surface area contributed by atoms with Crippen LogP contribution in [0.1, 0.15) is 35.2 Å². The van der Waals surface area contributed by atoms with Gasteiger partial charge in [-0.3, -0.25) is 9.59 Å². The summed E-state index contributed by atoms with van der Waals surface area (Å²) in [6.07, 6.45) is 3.46. The van der Waals surface area contributed by atoms with Gasteiger partial charge in [0.05, 0.1) is 14.2 Å². The van der Waals surface area contributed by atoms with E-state index >= 15 is 0 Å². The zero-order valence-corrected chi connectivity index (χ0v) is 16.4. The molecule has 0 aliphatic carbocycles. The van der Waals surface area contributed by atoms with Crippen LogP contribution in [0.15, 0.2) is 42.5 Å². The number of carbonyl (C=O) groups excluding carboxylic acids is 2. The summed E-state index contributed by atoms with van der Waals surface area (Å²) in [4.78, 5) is 26.5. The van der Waals surface area contributed by atoms with Crippen LogP contribution in [-0.4, -0.2) is 44.0 Å². The summed E-state index contributed by atoms with van der Waals surface area (Å²) < 4.78 is 10.4. The number of ether oxygens (including phenoxy) is 2.